The lowest BCUT2D eigenvalue weighted by Crippen LogP contribution is -1.82. The van der Waals surface area contributed by atoms with Crippen LogP contribution in [0.1, 0.15) is 10.4 Å². The first kappa shape index (κ1) is 10.4. The van der Waals surface area contributed by atoms with Gasteiger partial charge in [-0.15, -0.1) is 11.3 Å². The van der Waals surface area contributed by atoms with Crippen LogP contribution in [0.4, 0.5) is 5.00 Å². The second kappa shape index (κ2) is 3.60. The fraction of sp³-hybridized carbons (Fsp3) is 0.154. The fourth-order valence-electron chi connectivity index (χ4n) is 1.85. The molecular weight excluding hydrogens is 232 g/mol. The van der Waals surface area contributed by atoms with E-state index in [9.17, 15) is 0 Å². The van der Waals surface area contributed by atoms with Crippen molar-refractivity contribution in [1.29, 1.82) is 0 Å². The molecule has 1 aromatic carbocycles. The van der Waals surface area contributed by atoms with Crippen molar-refractivity contribution in [3.05, 3.63) is 34.7 Å². The molecule has 0 bridgehead atoms. The first-order valence-corrected chi connectivity index (χ1v) is 6.18. The quantitative estimate of drug-likeness (QED) is 0.709. The zero-order chi connectivity index (χ0) is 12.0. The van der Waals surface area contributed by atoms with Crippen molar-refractivity contribution < 1.29 is 4.42 Å². The number of nitrogens with zero attached hydrogens (tertiary/aromatic N) is 1. The maximum absolute atomic E-state index is 5.94. The SMILES string of the molecule is Cc1ccc2oc(-c3cc(C)sc3N)nc2c1. The van der Waals surface area contributed by atoms with Gasteiger partial charge in [-0.05, 0) is 37.6 Å². The number of hydrogen-bond acceptors (Lipinski definition) is 4. The molecule has 86 valence electrons. The van der Waals surface area contributed by atoms with Crippen LogP contribution < -0.4 is 5.73 Å². The van der Waals surface area contributed by atoms with Gasteiger partial charge < -0.3 is 10.2 Å². The molecule has 0 aliphatic carbocycles. The number of aromatic nitrogens is 1. The minimum absolute atomic E-state index is 0.604. The summed E-state index contributed by atoms with van der Waals surface area (Å²) >= 11 is 1.55. The number of oxazole rings is 1. The molecule has 3 rings (SSSR count). The van der Waals surface area contributed by atoms with Crippen molar-refractivity contribution in [2.75, 3.05) is 5.73 Å². The van der Waals surface area contributed by atoms with Gasteiger partial charge in [0.25, 0.3) is 0 Å². The average Bonchev–Trinajstić information content (AvgIpc) is 2.80. The number of anilines is 1. The molecule has 2 N–H and O–H groups in total. The summed E-state index contributed by atoms with van der Waals surface area (Å²) in [5.74, 6) is 0.604. The summed E-state index contributed by atoms with van der Waals surface area (Å²) in [7, 11) is 0. The van der Waals surface area contributed by atoms with Gasteiger partial charge in [-0.1, -0.05) is 6.07 Å². The predicted octanol–water partition coefficient (Wildman–Crippen LogP) is 3.76. The summed E-state index contributed by atoms with van der Waals surface area (Å²) < 4.78 is 5.72. The molecule has 17 heavy (non-hydrogen) atoms. The van der Waals surface area contributed by atoms with Gasteiger partial charge in [-0.3, -0.25) is 0 Å². The summed E-state index contributed by atoms with van der Waals surface area (Å²) in [6.07, 6.45) is 0. The van der Waals surface area contributed by atoms with Crippen LogP contribution in [0.3, 0.4) is 0 Å². The normalized spacial score (nSPS) is 11.2. The van der Waals surface area contributed by atoms with Crippen LogP contribution in [0, 0.1) is 13.8 Å². The summed E-state index contributed by atoms with van der Waals surface area (Å²) in [5, 5.41) is 0.755. The third-order valence-electron chi connectivity index (χ3n) is 2.66. The predicted molar refractivity (Wildman–Crippen MR) is 71.2 cm³/mol. The van der Waals surface area contributed by atoms with E-state index in [0.29, 0.717) is 5.89 Å². The Bertz CT molecular complexity index is 697. The molecule has 4 heteroatoms. The molecule has 0 unspecified atom stereocenters. The number of rotatable bonds is 1. The molecule has 0 saturated carbocycles. The Balaban J connectivity index is 2.21. The topological polar surface area (TPSA) is 52.0 Å². The van der Waals surface area contributed by atoms with Gasteiger partial charge in [0, 0.05) is 4.88 Å². The van der Waals surface area contributed by atoms with E-state index >= 15 is 0 Å². The first-order valence-electron chi connectivity index (χ1n) is 5.37. The molecule has 0 radical (unpaired) electrons. The Morgan fingerprint density at radius 1 is 1.24 bits per heavy atom. The monoisotopic (exact) mass is 244 g/mol. The van der Waals surface area contributed by atoms with E-state index in [0.717, 1.165) is 26.5 Å². The maximum atomic E-state index is 5.94. The molecule has 2 heterocycles. The summed E-state index contributed by atoms with van der Waals surface area (Å²) in [5.41, 5.74) is 9.68. The van der Waals surface area contributed by atoms with Crippen molar-refractivity contribution in [3.63, 3.8) is 0 Å². The molecule has 3 aromatic rings. The van der Waals surface area contributed by atoms with E-state index in [1.165, 1.54) is 5.56 Å². The number of aryl methyl sites for hydroxylation is 2. The van der Waals surface area contributed by atoms with Crippen molar-refractivity contribution in [1.82, 2.24) is 4.98 Å². The Hall–Kier alpha value is -1.81. The van der Waals surface area contributed by atoms with Crippen LogP contribution in [0.25, 0.3) is 22.6 Å². The number of hydrogen-bond donors (Lipinski definition) is 1. The molecular formula is C13H12N2OS. The molecule has 0 fully saturated rings. The van der Waals surface area contributed by atoms with Crippen LogP contribution in [-0.4, -0.2) is 4.98 Å². The highest BCUT2D eigenvalue weighted by atomic mass is 32.1. The van der Waals surface area contributed by atoms with Gasteiger partial charge >= 0.3 is 0 Å². The Kier molecular flexibility index (Phi) is 2.19. The Labute approximate surface area is 103 Å². The largest absolute Gasteiger partial charge is 0.436 e. The standard InChI is InChI=1S/C13H12N2OS/c1-7-3-4-11-10(5-7)15-13(16-11)9-6-8(2)17-12(9)14/h3-6H,14H2,1-2H3. The average molecular weight is 244 g/mol. The second-order valence-corrected chi connectivity index (χ2v) is 5.41. The fourth-order valence-corrected chi connectivity index (χ4v) is 2.63. The molecule has 0 amide bonds. The smallest absolute Gasteiger partial charge is 0.230 e. The molecule has 0 spiro atoms. The number of nitrogen functional groups attached to an aromatic ring is 1. The van der Waals surface area contributed by atoms with Crippen LogP contribution in [0.2, 0.25) is 0 Å². The molecule has 0 aliphatic rings. The zero-order valence-electron chi connectivity index (χ0n) is 9.65. The Morgan fingerprint density at radius 3 is 2.76 bits per heavy atom. The Morgan fingerprint density at radius 2 is 2.06 bits per heavy atom. The third kappa shape index (κ3) is 1.70. The van der Waals surface area contributed by atoms with Gasteiger partial charge in [0.1, 0.15) is 5.52 Å². The van der Waals surface area contributed by atoms with Crippen molar-refractivity contribution in [2.45, 2.75) is 13.8 Å². The minimum atomic E-state index is 0.604. The number of thiophene rings is 1. The summed E-state index contributed by atoms with van der Waals surface area (Å²) in [4.78, 5) is 5.64. The highest BCUT2D eigenvalue weighted by Crippen LogP contribution is 2.34. The second-order valence-electron chi connectivity index (χ2n) is 4.13. The first-order chi connectivity index (χ1) is 8.13. The summed E-state index contributed by atoms with van der Waals surface area (Å²) in [6.45, 7) is 4.06. The molecule has 0 atom stereocenters. The van der Waals surface area contributed by atoms with Crippen molar-refractivity contribution in [2.24, 2.45) is 0 Å². The van der Waals surface area contributed by atoms with E-state index in [1.807, 2.05) is 38.1 Å². The number of benzene rings is 1. The lowest BCUT2D eigenvalue weighted by Gasteiger charge is -1.90. The highest BCUT2D eigenvalue weighted by Gasteiger charge is 2.13. The van der Waals surface area contributed by atoms with Gasteiger partial charge in [0.15, 0.2) is 5.58 Å². The lowest BCUT2D eigenvalue weighted by molar-refractivity contribution is 0.620. The van der Waals surface area contributed by atoms with E-state index in [2.05, 4.69) is 4.98 Å². The number of nitrogens with two attached hydrogens (primary N) is 1. The van der Waals surface area contributed by atoms with E-state index in [4.69, 9.17) is 10.2 Å². The van der Waals surface area contributed by atoms with E-state index in [-0.39, 0.29) is 0 Å². The maximum Gasteiger partial charge on any atom is 0.230 e. The highest BCUT2D eigenvalue weighted by molar-refractivity contribution is 7.16. The zero-order valence-corrected chi connectivity index (χ0v) is 10.5. The van der Waals surface area contributed by atoms with Gasteiger partial charge in [-0.2, -0.15) is 0 Å². The van der Waals surface area contributed by atoms with Crippen LogP contribution in [-0.2, 0) is 0 Å². The van der Waals surface area contributed by atoms with E-state index in [1.54, 1.807) is 11.3 Å². The van der Waals surface area contributed by atoms with E-state index < -0.39 is 0 Å². The number of fused-ring (bicyclic) bond motifs is 1. The van der Waals surface area contributed by atoms with Crippen LogP contribution >= 0.6 is 11.3 Å². The van der Waals surface area contributed by atoms with Crippen molar-refractivity contribution in [3.8, 4) is 11.5 Å². The van der Waals surface area contributed by atoms with Crippen LogP contribution in [0.15, 0.2) is 28.7 Å². The summed E-state index contributed by atoms with van der Waals surface area (Å²) in [6, 6.07) is 7.98. The van der Waals surface area contributed by atoms with Crippen molar-refractivity contribution >= 4 is 27.4 Å². The molecule has 2 aromatic heterocycles. The lowest BCUT2D eigenvalue weighted by atomic mass is 10.2. The van der Waals surface area contributed by atoms with Gasteiger partial charge in [0.2, 0.25) is 5.89 Å². The van der Waals surface area contributed by atoms with Gasteiger partial charge in [0.05, 0.1) is 10.6 Å². The van der Waals surface area contributed by atoms with Crippen LogP contribution in [0.5, 0.6) is 0 Å². The molecule has 0 aliphatic heterocycles. The minimum Gasteiger partial charge on any atom is -0.436 e. The molecule has 0 saturated heterocycles. The van der Waals surface area contributed by atoms with Gasteiger partial charge in [-0.25, -0.2) is 4.98 Å². The molecule has 3 nitrogen and oxygen atoms in total. The third-order valence-corrected chi connectivity index (χ3v) is 3.54.